The second-order valence-electron chi connectivity index (χ2n) is 5.53. The van der Waals surface area contributed by atoms with Gasteiger partial charge in [0.15, 0.2) is 0 Å². The minimum Gasteiger partial charge on any atom is -0.478 e. The average molecular weight is 410 g/mol. The zero-order valence-electron chi connectivity index (χ0n) is 13.6. The second kappa shape index (κ2) is 7.10. The van der Waals surface area contributed by atoms with Gasteiger partial charge in [0.2, 0.25) is 0 Å². The minimum atomic E-state index is -4.30. The van der Waals surface area contributed by atoms with Crippen LogP contribution in [0.5, 0.6) is 0 Å². The standard InChI is InChI=1S/C17H12ClNO7S/c18-14-6-5-10(9-13(14)17(22)23)27(24,25)26-8-7-19-15(20)11-3-1-2-4-12(11)16(19)21/h1-6,9H,7-8H2,(H,22,23). The zero-order valence-corrected chi connectivity index (χ0v) is 15.2. The maximum atomic E-state index is 12.2. The van der Waals surface area contributed by atoms with E-state index >= 15 is 0 Å². The van der Waals surface area contributed by atoms with Gasteiger partial charge in [-0.2, -0.15) is 8.42 Å². The maximum absolute atomic E-state index is 12.2. The van der Waals surface area contributed by atoms with E-state index < -0.39 is 39.4 Å². The Morgan fingerprint density at radius 2 is 1.67 bits per heavy atom. The molecule has 2 amide bonds. The number of fused-ring (bicyclic) bond motifs is 1. The van der Waals surface area contributed by atoms with E-state index in [1.54, 1.807) is 12.1 Å². The Bertz CT molecular complexity index is 1030. The number of aromatic carboxylic acids is 1. The summed E-state index contributed by atoms with van der Waals surface area (Å²) in [6.07, 6.45) is 0. The first-order valence-corrected chi connectivity index (χ1v) is 9.38. The molecule has 0 saturated carbocycles. The van der Waals surface area contributed by atoms with Crippen LogP contribution in [0.3, 0.4) is 0 Å². The van der Waals surface area contributed by atoms with Crippen molar-refractivity contribution < 1.29 is 32.1 Å². The van der Waals surface area contributed by atoms with Gasteiger partial charge in [-0.25, -0.2) is 4.79 Å². The molecule has 2 aromatic rings. The molecule has 0 atom stereocenters. The molecule has 0 saturated heterocycles. The van der Waals surface area contributed by atoms with Gasteiger partial charge in [0.25, 0.3) is 21.9 Å². The molecule has 3 rings (SSSR count). The van der Waals surface area contributed by atoms with E-state index in [0.29, 0.717) is 0 Å². The molecule has 1 N–H and O–H groups in total. The summed E-state index contributed by atoms with van der Waals surface area (Å²) in [7, 11) is -4.30. The van der Waals surface area contributed by atoms with E-state index in [-0.39, 0.29) is 28.3 Å². The predicted octanol–water partition coefficient (Wildman–Crippen LogP) is 2.04. The molecule has 0 radical (unpaired) electrons. The molecule has 0 fully saturated rings. The lowest BCUT2D eigenvalue weighted by Crippen LogP contribution is -2.33. The van der Waals surface area contributed by atoms with E-state index in [1.165, 1.54) is 12.1 Å². The van der Waals surface area contributed by atoms with Crippen LogP contribution >= 0.6 is 11.6 Å². The van der Waals surface area contributed by atoms with Crippen LogP contribution in [-0.4, -0.2) is 49.4 Å². The van der Waals surface area contributed by atoms with Crippen LogP contribution in [0.2, 0.25) is 5.02 Å². The summed E-state index contributed by atoms with van der Waals surface area (Å²) in [5.41, 5.74) is 0.102. The van der Waals surface area contributed by atoms with Gasteiger partial charge in [0.1, 0.15) is 0 Å². The maximum Gasteiger partial charge on any atom is 0.337 e. The molecule has 2 aromatic carbocycles. The Morgan fingerprint density at radius 3 is 2.22 bits per heavy atom. The first kappa shape index (κ1) is 19.0. The molecular weight excluding hydrogens is 398 g/mol. The normalized spacial score (nSPS) is 13.7. The van der Waals surface area contributed by atoms with Gasteiger partial charge in [-0.3, -0.25) is 18.7 Å². The van der Waals surface area contributed by atoms with Gasteiger partial charge in [-0.15, -0.1) is 0 Å². The minimum absolute atomic E-state index is 0.118. The molecule has 10 heteroatoms. The molecular formula is C17H12ClNO7S. The Kier molecular flexibility index (Phi) is 5.01. The summed E-state index contributed by atoms with van der Waals surface area (Å²) in [4.78, 5) is 36.0. The molecule has 140 valence electrons. The first-order chi connectivity index (χ1) is 12.7. The van der Waals surface area contributed by atoms with Crippen LogP contribution in [0.15, 0.2) is 47.4 Å². The third-order valence-corrected chi connectivity index (χ3v) is 5.53. The lowest BCUT2D eigenvalue weighted by atomic mass is 10.1. The molecule has 0 aromatic heterocycles. The van der Waals surface area contributed by atoms with Gasteiger partial charge in [0, 0.05) is 0 Å². The fraction of sp³-hybridized carbons (Fsp3) is 0.118. The highest BCUT2D eigenvalue weighted by atomic mass is 35.5. The third kappa shape index (κ3) is 3.57. The van der Waals surface area contributed by atoms with Gasteiger partial charge in [-0.1, -0.05) is 23.7 Å². The summed E-state index contributed by atoms with van der Waals surface area (Å²) < 4.78 is 29.3. The van der Waals surface area contributed by atoms with E-state index in [0.717, 1.165) is 23.1 Å². The van der Waals surface area contributed by atoms with Crippen molar-refractivity contribution in [3.63, 3.8) is 0 Å². The van der Waals surface area contributed by atoms with Crippen LogP contribution in [-0.2, 0) is 14.3 Å². The highest BCUT2D eigenvalue weighted by Gasteiger charge is 2.35. The van der Waals surface area contributed by atoms with Crippen molar-refractivity contribution in [1.82, 2.24) is 4.90 Å². The van der Waals surface area contributed by atoms with Gasteiger partial charge in [-0.05, 0) is 30.3 Å². The van der Waals surface area contributed by atoms with Gasteiger partial charge in [0.05, 0.1) is 39.8 Å². The van der Waals surface area contributed by atoms with Crippen molar-refractivity contribution in [3.05, 3.63) is 64.2 Å². The van der Waals surface area contributed by atoms with Crippen molar-refractivity contribution >= 4 is 39.5 Å². The van der Waals surface area contributed by atoms with Crippen LogP contribution in [0.4, 0.5) is 0 Å². The molecule has 0 aliphatic carbocycles. The van der Waals surface area contributed by atoms with Crippen LogP contribution in [0.25, 0.3) is 0 Å². The molecule has 0 spiro atoms. The number of halogens is 1. The molecule has 8 nitrogen and oxygen atoms in total. The number of rotatable bonds is 6. The fourth-order valence-electron chi connectivity index (χ4n) is 2.57. The number of benzene rings is 2. The Balaban J connectivity index is 1.71. The van der Waals surface area contributed by atoms with Crippen molar-refractivity contribution in [1.29, 1.82) is 0 Å². The van der Waals surface area contributed by atoms with E-state index in [9.17, 15) is 22.8 Å². The summed E-state index contributed by atoms with van der Waals surface area (Å²) >= 11 is 5.71. The number of amides is 2. The zero-order chi connectivity index (χ0) is 19.8. The van der Waals surface area contributed by atoms with Crippen molar-refractivity contribution in [2.24, 2.45) is 0 Å². The SMILES string of the molecule is O=C(O)c1cc(S(=O)(=O)OCCN2C(=O)c3ccccc3C2=O)ccc1Cl. The number of hydrogen-bond donors (Lipinski definition) is 1. The third-order valence-electron chi connectivity index (χ3n) is 3.89. The van der Waals surface area contributed by atoms with E-state index in [1.807, 2.05) is 0 Å². The molecule has 1 aliphatic heterocycles. The van der Waals surface area contributed by atoms with Gasteiger partial charge >= 0.3 is 5.97 Å². The summed E-state index contributed by atoms with van der Waals surface area (Å²) in [6, 6.07) is 9.37. The number of nitrogens with zero attached hydrogens (tertiary/aromatic N) is 1. The Morgan fingerprint density at radius 1 is 1.07 bits per heavy atom. The van der Waals surface area contributed by atoms with Crippen LogP contribution in [0.1, 0.15) is 31.1 Å². The quantitative estimate of drug-likeness (QED) is 0.572. The highest BCUT2D eigenvalue weighted by molar-refractivity contribution is 7.86. The second-order valence-corrected chi connectivity index (χ2v) is 7.55. The number of hydrogen-bond acceptors (Lipinski definition) is 6. The van der Waals surface area contributed by atoms with Crippen molar-refractivity contribution in [2.75, 3.05) is 13.2 Å². The predicted molar refractivity (Wildman–Crippen MR) is 93.4 cm³/mol. The molecule has 0 unspecified atom stereocenters. The summed E-state index contributed by atoms with van der Waals surface area (Å²) in [5, 5.41) is 8.90. The number of carbonyl (C=O) groups excluding carboxylic acids is 2. The van der Waals surface area contributed by atoms with Crippen molar-refractivity contribution in [2.45, 2.75) is 4.90 Å². The largest absolute Gasteiger partial charge is 0.478 e. The lowest BCUT2D eigenvalue weighted by Gasteiger charge is -2.14. The van der Waals surface area contributed by atoms with Crippen LogP contribution < -0.4 is 0 Å². The number of carboxylic acid groups (broad SMARTS) is 1. The highest BCUT2D eigenvalue weighted by Crippen LogP contribution is 2.24. The molecule has 1 aliphatic rings. The monoisotopic (exact) mass is 409 g/mol. The van der Waals surface area contributed by atoms with Crippen molar-refractivity contribution in [3.8, 4) is 0 Å². The molecule has 1 heterocycles. The van der Waals surface area contributed by atoms with Gasteiger partial charge < -0.3 is 5.11 Å². The first-order valence-electron chi connectivity index (χ1n) is 7.60. The van der Waals surface area contributed by atoms with Crippen LogP contribution in [0, 0.1) is 0 Å². The van der Waals surface area contributed by atoms with E-state index in [4.69, 9.17) is 20.9 Å². The molecule has 27 heavy (non-hydrogen) atoms. The summed E-state index contributed by atoms with van der Waals surface area (Å²) in [5.74, 6) is -2.45. The number of imide groups is 1. The summed E-state index contributed by atoms with van der Waals surface area (Å²) in [6.45, 7) is -0.746. The smallest absolute Gasteiger partial charge is 0.337 e. The number of carbonyl (C=O) groups is 3. The average Bonchev–Trinajstić information content (AvgIpc) is 2.87. The Labute approximate surface area is 159 Å². The number of carboxylic acids is 1. The topological polar surface area (TPSA) is 118 Å². The fourth-order valence-corrected chi connectivity index (χ4v) is 3.70. The Hall–Kier alpha value is -2.75. The lowest BCUT2D eigenvalue weighted by molar-refractivity contribution is 0.0629. The van der Waals surface area contributed by atoms with E-state index in [2.05, 4.69) is 0 Å². The molecule has 0 bridgehead atoms.